The summed E-state index contributed by atoms with van der Waals surface area (Å²) in [5, 5.41) is 5.89. The zero-order valence-electron chi connectivity index (χ0n) is 17.0. The minimum atomic E-state index is -0.643. The van der Waals surface area contributed by atoms with Gasteiger partial charge in [-0.25, -0.2) is 14.5 Å². The van der Waals surface area contributed by atoms with Crippen LogP contribution < -0.4 is 16.0 Å². The SMILES string of the molecule is Cc1cc2c(=O)[nH]c(=O)[nH]c2c(Oc2c(Cl)c(C)cc3c2cnn3C2CCCCO2)n1. The first-order chi connectivity index (χ1) is 14.9. The van der Waals surface area contributed by atoms with Crippen LogP contribution in [0.15, 0.2) is 27.9 Å². The van der Waals surface area contributed by atoms with Crippen LogP contribution in [0.3, 0.4) is 0 Å². The molecule has 1 unspecified atom stereocenters. The van der Waals surface area contributed by atoms with E-state index in [-0.39, 0.29) is 23.0 Å². The van der Waals surface area contributed by atoms with Crippen LogP contribution in [-0.2, 0) is 4.74 Å². The van der Waals surface area contributed by atoms with Crippen LogP contribution in [0.4, 0.5) is 0 Å². The molecule has 5 rings (SSSR count). The molecule has 1 fully saturated rings. The monoisotopic (exact) mass is 441 g/mol. The minimum Gasteiger partial charge on any atom is -0.435 e. The van der Waals surface area contributed by atoms with Gasteiger partial charge in [0.15, 0.2) is 12.0 Å². The van der Waals surface area contributed by atoms with Crippen LogP contribution in [0, 0.1) is 13.8 Å². The number of hydrogen-bond donors (Lipinski definition) is 2. The van der Waals surface area contributed by atoms with E-state index >= 15 is 0 Å². The molecule has 2 N–H and O–H groups in total. The van der Waals surface area contributed by atoms with Crippen molar-refractivity contribution in [3.63, 3.8) is 0 Å². The molecule has 9 nitrogen and oxygen atoms in total. The number of pyridine rings is 1. The summed E-state index contributed by atoms with van der Waals surface area (Å²) in [5.74, 6) is 0.452. The van der Waals surface area contributed by atoms with E-state index in [1.165, 1.54) is 0 Å². The second-order valence-electron chi connectivity index (χ2n) is 7.68. The van der Waals surface area contributed by atoms with E-state index in [1.54, 1.807) is 19.2 Å². The number of rotatable bonds is 3. The van der Waals surface area contributed by atoms with Crippen molar-refractivity contribution in [1.82, 2.24) is 24.7 Å². The third kappa shape index (κ3) is 3.39. The Labute approximate surface area is 181 Å². The van der Waals surface area contributed by atoms with Gasteiger partial charge in [0.05, 0.1) is 27.5 Å². The summed E-state index contributed by atoms with van der Waals surface area (Å²) in [6, 6.07) is 3.53. The molecule has 1 aromatic carbocycles. The van der Waals surface area contributed by atoms with Gasteiger partial charge in [-0.2, -0.15) is 5.10 Å². The quantitative estimate of drug-likeness (QED) is 0.500. The van der Waals surface area contributed by atoms with Gasteiger partial charge in [-0.05, 0) is 50.8 Å². The summed E-state index contributed by atoms with van der Waals surface area (Å²) in [7, 11) is 0. The smallest absolute Gasteiger partial charge is 0.326 e. The van der Waals surface area contributed by atoms with Gasteiger partial charge < -0.3 is 14.5 Å². The number of fused-ring (bicyclic) bond motifs is 2. The van der Waals surface area contributed by atoms with Crippen molar-refractivity contribution in [3.8, 4) is 11.6 Å². The topological polar surface area (TPSA) is 115 Å². The first-order valence-electron chi connectivity index (χ1n) is 10.0. The first-order valence-corrected chi connectivity index (χ1v) is 10.4. The average molecular weight is 442 g/mol. The number of halogens is 1. The van der Waals surface area contributed by atoms with Crippen molar-refractivity contribution in [2.24, 2.45) is 0 Å². The Morgan fingerprint density at radius 3 is 2.81 bits per heavy atom. The number of aromatic amines is 2. The molecule has 1 saturated heterocycles. The fourth-order valence-corrected chi connectivity index (χ4v) is 4.13. The molecule has 10 heteroatoms. The molecule has 0 radical (unpaired) electrons. The molecule has 1 aliphatic heterocycles. The Hall–Kier alpha value is -3.17. The molecule has 0 spiro atoms. The van der Waals surface area contributed by atoms with Crippen molar-refractivity contribution in [2.45, 2.75) is 39.3 Å². The van der Waals surface area contributed by atoms with Crippen molar-refractivity contribution in [3.05, 3.63) is 55.4 Å². The number of hydrogen-bond acceptors (Lipinski definition) is 6. The second-order valence-corrected chi connectivity index (χ2v) is 8.06. The van der Waals surface area contributed by atoms with E-state index in [1.807, 2.05) is 17.7 Å². The molecular formula is C21H20ClN5O4. The molecule has 1 atom stereocenters. The second kappa shape index (κ2) is 7.51. The van der Waals surface area contributed by atoms with E-state index in [9.17, 15) is 9.59 Å². The molecule has 160 valence electrons. The maximum Gasteiger partial charge on any atom is 0.326 e. The Morgan fingerprint density at radius 2 is 2.03 bits per heavy atom. The van der Waals surface area contributed by atoms with Crippen molar-refractivity contribution < 1.29 is 9.47 Å². The Kier molecular flexibility index (Phi) is 4.79. The van der Waals surface area contributed by atoms with Crippen LogP contribution in [-0.4, -0.2) is 31.3 Å². The molecular weight excluding hydrogens is 422 g/mol. The highest BCUT2D eigenvalue weighted by Crippen LogP contribution is 2.41. The molecule has 0 aliphatic carbocycles. The average Bonchev–Trinajstić information content (AvgIpc) is 3.16. The fourth-order valence-electron chi connectivity index (χ4n) is 3.93. The molecule has 0 bridgehead atoms. The van der Waals surface area contributed by atoms with Crippen molar-refractivity contribution >= 4 is 33.4 Å². The summed E-state index contributed by atoms with van der Waals surface area (Å²) in [6.07, 6.45) is 4.53. The molecule has 0 saturated carbocycles. The minimum absolute atomic E-state index is 0.0914. The lowest BCUT2D eigenvalue weighted by atomic mass is 10.1. The summed E-state index contributed by atoms with van der Waals surface area (Å²) in [6.45, 7) is 4.31. The number of nitrogens with one attached hydrogen (secondary N) is 2. The fraction of sp³-hybridized carbons (Fsp3) is 0.333. The first kappa shape index (κ1) is 19.8. The van der Waals surface area contributed by atoms with Crippen LogP contribution in [0.25, 0.3) is 21.8 Å². The van der Waals surface area contributed by atoms with E-state index in [0.717, 1.165) is 30.3 Å². The lowest BCUT2D eigenvalue weighted by Crippen LogP contribution is -2.22. The van der Waals surface area contributed by atoms with E-state index < -0.39 is 11.2 Å². The predicted octanol–water partition coefficient (Wildman–Crippen LogP) is 3.72. The number of aromatic nitrogens is 5. The van der Waals surface area contributed by atoms with Crippen molar-refractivity contribution in [1.29, 1.82) is 0 Å². The highest BCUT2D eigenvalue weighted by Gasteiger charge is 2.23. The van der Waals surface area contributed by atoms with Gasteiger partial charge in [-0.15, -0.1) is 0 Å². The highest BCUT2D eigenvalue weighted by molar-refractivity contribution is 6.34. The van der Waals surface area contributed by atoms with Crippen LogP contribution >= 0.6 is 11.6 Å². The molecule has 3 aromatic heterocycles. The number of ether oxygens (including phenoxy) is 2. The number of benzene rings is 1. The number of aryl methyl sites for hydroxylation is 2. The zero-order chi connectivity index (χ0) is 21.7. The standard InChI is InChI=1S/C21H20ClN5O4/c1-10-7-14-13(9-23-27(14)15-5-3-4-6-30-15)18(16(10)22)31-20-17-12(8-11(2)24-20)19(28)26-21(29)25-17/h7-9,15H,3-6H2,1-2H3,(H2,25,26,28,29). The Bertz CT molecular complexity index is 1430. The van der Waals surface area contributed by atoms with E-state index in [0.29, 0.717) is 28.5 Å². The van der Waals surface area contributed by atoms with Gasteiger partial charge >= 0.3 is 5.69 Å². The third-order valence-electron chi connectivity index (χ3n) is 5.43. The zero-order valence-corrected chi connectivity index (χ0v) is 17.7. The van der Waals surface area contributed by atoms with Gasteiger partial charge in [0.1, 0.15) is 5.52 Å². The van der Waals surface area contributed by atoms with Gasteiger partial charge in [-0.1, -0.05) is 11.6 Å². The van der Waals surface area contributed by atoms with Gasteiger partial charge in [0.2, 0.25) is 5.88 Å². The lowest BCUT2D eigenvalue weighted by Gasteiger charge is -2.23. The van der Waals surface area contributed by atoms with Crippen LogP contribution in [0.5, 0.6) is 11.6 Å². The Balaban J connectivity index is 1.70. The highest BCUT2D eigenvalue weighted by atomic mass is 35.5. The maximum atomic E-state index is 12.3. The summed E-state index contributed by atoms with van der Waals surface area (Å²) in [4.78, 5) is 33.3. The Morgan fingerprint density at radius 1 is 1.19 bits per heavy atom. The number of H-pyrrole nitrogens is 2. The normalized spacial score (nSPS) is 16.8. The molecule has 4 aromatic rings. The maximum absolute atomic E-state index is 12.3. The largest absolute Gasteiger partial charge is 0.435 e. The third-order valence-corrected chi connectivity index (χ3v) is 5.90. The van der Waals surface area contributed by atoms with Gasteiger partial charge in [0, 0.05) is 12.3 Å². The summed E-state index contributed by atoms with van der Waals surface area (Å²) < 4.78 is 13.9. The summed E-state index contributed by atoms with van der Waals surface area (Å²) in [5.41, 5.74) is 1.23. The van der Waals surface area contributed by atoms with E-state index in [4.69, 9.17) is 21.1 Å². The molecule has 31 heavy (non-hydrogen) atoms. The molecule has 0 amide bonds. The van der Waals surface area contributed by atoms with E-state index in [2.05, 4.69) is 20.1 Å². The predicted molar refractivity (Wildman–Crippen MR) is 116 cm³/mol. The van der Waals surface area contributed by atoms with Crippen LogP contribution in [0.2, 0.25) is 5.02 Å². The number of nitrogens with zero attached hydrogens (tertiary/aromatic N) is 3. The lowest BCUT2D eigenvalue weighted by molar-refractivity contribution is -0.0366. The van der Waals surface area contributed by atoms with Crippen molar-refractivity contribution in [2.75, 3.05) is 6.61 Å². The molecule has 1 aliphatic rings. The molecule has 4 heterocycles. The summed E-state index contributed by atoms with van der Waals surface area (Å²) >= 11 is 6.61. The van der Waals surface area contributed by atoms with Gasteiger partial charge in [0.25, 0.3) is 5.56 Å². The van der Waals surface area contributed by atoms with Crippen LogP contribution in [0.1, 0.15) is 36.7 Å². The van der Waals surface area contributed by atoms with Gasteiger partial charge in [-0.3, -0.25) is 9.78 Å².